The molecule has 0 saturated heterocycles. The highest BCUT2D eigenvalue weighted by Crippen LogP contribution is 2.25. The van der Waals surface area contributed by atoms with Gasteiger partial charge in [0, 0.05) is 18.2 Å². The molecule has 4 amide bonds. The maximum absolute atomic E-state index is 14.3. The SMILES string of the molecule is COc1cccc(-c2cccc(C(=O)N3CC(=O)N[C@@H](Cc4ccccc4)c4nc(C)nn4CC(=O)N[C@H](C)C(=O)N[C@@H](C(C)C)C3)c2)c1. The minimum atomic E-state index is -0.865. The van der Waals surface area contributed by atoms with Gasteiger partial charge in [-0.2, -0.15) is 5.10 Å². The van der Waals surface area contributed by atoms with Crippen LogP contribution < -0.4 is 20.7 Å². The number of amides is 4. The normalized spacial score (nSPS) is 19.2. The molecule has 12 nitrogen and oxygen atoms in total. The van der Waals surface area contributed by atoms with E-state index in [-0.39, 0.29) is 31.5 Å². The molecule has 3 N–H and O–H groups in total. The summed E-state index contributed by atoms with van der Waals surface area (Å²) in [7, 11) is 1.60. The summed E-state index contributed by atoms with van der Waals surface area (Å²) in [5.74, 6) is -0.232. The van der Waals surface area contributed by atoms with Crippen LogP contribution in [0.5, 0.6) is 5.75 Å². The summed E-state index contributed by atoms with van der Waals surface area (Å²) in [5.41, 5.74) is 3.00. The van der Waals surface area contributed by atoms with Gasteiger partial charge in [0.2, 0.25) is 17.7 Å². The van der Waals surface area contributed by atoms with E-state index in [0.29, 0.717) is 29.4 Å². The Labute approximate surface area is 286 Å². The van der Waals surface area contributed by atoms with Crippen LogP contribution >= 0.6 is 0 Å². The van der Waals surface area contributed by atoms with Gasteiger partial charge >= 0.3 is 0 Å². The molecule has 2 heterocycles. The Morgan fingerprint density at radius 1 is 0.898 bits per heavy atom. The molecule has 1 aliphatic rings. The smallest absolute Gasteiger partial charge is 0.254 e. The van der Waals surface area contributed by atoms with Crippen LogP contribution in [0.25, 0.3) is 11.1 Å². The molecule has 256 valence electrons. The quantitative estimate of drug-likeness (QED) is 0.286. The number of rotatable bonds is 6. The molecule has 49 heavy (non-hydrogen) atoms. The molecule has 0 bridgehead atoms. The van der Waals surface area contributed by atoms with Crippen molar-refractivity contribution in [3.8, 4) is 16.9 Å². The van der Waals surface area contributed by atoms with Crippen LogP contribution in [0.3, 0.4) is 0 Å². The molecule has 1 aliphatic heterocycles. The number of nitrogens with zero attached hydrogens (tertiary/aromatic N) is 4. The molecular weight excluding hydrogens is 622 g/mol. The molecule has 4 aromatic rings. The highest BCUT2D eigenvalue weighted by Gasteiger charge is 2.30. The van der Waals surface area contributed by atoms with E-state index in [4.69, 9.17) is 4.74 Å². The zero-order valence-electron chi connectivity index (χ0n) is 28.5. The lowest BCUT2D eigenvalue weighted by Crippen LogP contribution is -2.54. The predicted octanol–water partition coefficient (Wildman–Crippen LogP) is 3.46. The molecule has 0 radical (unpaired) electrons. The number of aromatic nitrogens is 3. The predicted molar refractivity (Wildman–Crippen MR) is 184 cm³/mol. The van der Waals surface area contributed by atoms with Gasteiger partial charge in [-0.15, -0.1) is 0 Å². The van der Waals surface area contributed by atoms with Crippen molar-refractivity contribution in [1.82, 2.24) is 35.6 Å². The van der Waals surface area contributed by atoms with Gasteiger partial charge in [0.25, 0.3) is 5.91 Å². The first-order valence-electron chi connectivity index (χ1n) is 16.4. The monoisotopic (exact) mass is 665 g/mol. The Hall–Kier alpha value is -5.52. The molecule has 0 fully saturated rings. The standard InChI is InChI=1S/C37H43N7O5/c1-23(2)32-20-43(37(48)29-15-9-13-27(18-29)28-14-10-16-30(19-28)49-5)21-33(45)40-31(17-26-11-7-6-8-12-26)35-39-25(4)42-44(35)22-34(46)38-24(3)36(47)41-32/h6-16,18-19,23-24,31-32H,17,20-22H2,1-5H3,(H,38,46)(H,40,45)(H,41,47)/t24-,31+,32-/m1/s1. The van der Waals surface area contributed by atoms with Crippen LogP contribution in [0.2, 0.25) is 0 Å². The van der Waals surface area contributed by atoms with Gasteiger partial charge < -0.3 is 25.6 Å². The number of ether oxygens (including phenoxy) is 1. The number of hydrogen-bond acceptors (Lipinski definition) is 7. The molecule has 5 rings (SSSR count). The van der Waals surface area contributed by atoms with Crippen LogP contribution in [0.1, 0.15) is 54.4 Å². The van der Waals surface area contributed by atoms with Crippen molar-refractivity contribution in [2.75, 3.05) is 20.2 Å². The lowest BCUT2D eigenvalue weighted by atomic mass is 10.0. The summed E-state index contributed by atoms with van der Waals surface area (Å²) in [4.78, 5) is 60.8. The van der Waals surface area contributed by atoms with E-state index in [0.717, 1.165) is 16.7 Å². The number of carbonyl (C=O) groups is 4. The second kappa shape index (κ2) is 15.6. The Morgan fingerprint density at radius 3 is 2.31 bits per heavy atom. The van der Waals surface area contributed by atoms with Crippen LogP contribution in [0.15, 0.2) is 78.9 Å². The topological polar surface area (TPSA) is 148 Å². The van der Waals surface area contributed by atoms with Crippen molar-refractivity contribution in [2.24, 2.45) is 5.92 Å². The van der Waals surface area contributed by atoms with Crippen molar-refractivity contribution in [1.29, 1.82) is 0 Å². The Balaban J connectivity index is 1.53. The number of methoxy groups -OCH3 is 1. The van der Waals surface area contributed by atoms with Crippen molar-refractivity contribution < 1.29 is 23.9 Å². The molecule has 0 aliphatic carbocycles. The van der Waals surface area contributed by atoms with Crippen LogP contribution in [0, 0.1) is 12.8 Å². The summed E-state index contributed by atoms with van der Waals surface area (Å²) in [6.07, 6.45) is 0.369. The molecule has 1 aromatic heterocycles. The summed E-state index contributed by atoms with van der Waals surface area (Å²) < 4.78 is 6.84. The third-order valence-electron chi connectivity index (χ3n) is 8.48. The largest absolute Gasteiger partial charge is 0.497 e. The molecule has 3 aromatic carbocycles. The van der Waals surface area contributed by atoms with Gasteiger partial charge in [-0.25, -0.2) is 9.67 Å². The zero-order valence-corrected chi connectivity index (χ0v) is 28.5. The van der Waals surface area contributed by atoms with Gasteiger partial charge in [0.05, 0.1) is 19.7 Å². The van der Waals surface area contributed by atoms with Crippen molar-refractivity contribution in [3.63, 3.8) is 0 Å². The van der Waals surface area contributed by atoms with Gasteiger partial charge in [-0.1, -0.05) is 68.4 Å². The van der Waals surface area contributed by atoms with E-state index in [1.807, 2.05) is 74.5 Å². The fourth-order valence-corrected chi connectivity index (χ4v) is 5.81. The Morgan fingerprint density at radius 2 is 1.59 bits per heavy atom. The summed E-state index contributed by atoms with van der Waals surface area (Å²) in [6.45, 7) is 6.74. The Kier molecular flexibility index (Phi) is 11.1. The van der Waals surface area contributed by atoms with Crippen LogP contribution in [-0.4, -0.2) is 75.6 Å². The summed E-state index contributed by atoms with van der Waals surface area (Å²) in [5, 5.41) is 13.3. The van der Waals surface area contributed by atoms with E-state index < -0.39 is 35.8 Å². The highest BCUT2D eigenvalue weighted by molar-refractivity contribution is 5.98. The molecule has 0 spiro atoms. The second-order valence-corrected chi connectivity index (χ2v) is 12.6. The summed E-state index contributed by atoms with van der Waals surface area (Å²) in [6, 6.07) is 22.3. The maximum atomic E-state index is 14.3. The van der Waals surface area contributed by atoms with Crippen molar-refractivity contribution in [2.45, 2.75) is 58.8 Å². The fourth-order valence-electron chi connectivity index (χ4n) is 5.81. The first-order chi connectivity index (χ1) is 23.5. The first kappa shape index (κ1) is 34.8. The van der Waals surface area contributed by atoms with Gasteiger partial charge in [-0.3, -0.25) is 19.2 Å². The van der Waals surface area contributed by atoms with Crippen LogP contribution in [-0.2, 0) is 27.3 Å². The third kappa shape index (κ3) is 8.89. The number of hydrogen-bond donors (Lipinski definition) is 3. The molecular formula is C37H43N7O5. The van der Waals surface area contributed by atoms with Gasteiger partial charge in [-0.05, 0) is 67.1 Å². The number of aryl methyl sites for hydroxylation is 1. The minimum absolute atomic E-state index is 0.0539. The summed E-state index contributed by atoms with van der Waals surface area (Å²) >= 11 is 0. The fraction of sp³-hybridized carbons (Fsp3) is 0.351. The van der Waals surface area contributed by atoms with Gasteiger partial charge in [0.1, 0.15) is 24.2 Å². The number of nitrogens with one attached hydrogen (secondary N) is 3. The lowest BCUT2D eigenvalue weighted by molar-refractivity contribution is -0.129. The van der Waals surface area contributed by atoms with E-state index >= 15 is 0 Å². The third-order valence-corrected chi connectivity index (χ3v) is 8.48. The minimum Gasteiger partial charge on any atom is -0.497 e. The second-order valence-electron chi connectivity index (χ2n) is 12.6. The lowest BCUT2D eigenvalue weighted by Gasteiger charge is -2.31. The van der Waals surface area contributed by atoms with E-state index in [9.17, 15) is 19.2 Å². The number of fused-ring (bicyclic) bond motifs is 1. The highest BCUT2D eigenvalue weighted by atomic mass is 16.5. The molecule has 0 saturated carbocycles. The van der Waals surface area contributed by atoms with Crippen LogP contribution in [0.4, 0.5) is 0 Å². The van der Waals surface area contributed by atoms with Crippen molar-refractivity contribution >= 4 is 23.6 Å². The first-order valence-corrected chi connectivity index (χ1v) is 16.4. The average molecular weight is 666 g/mol. The average Bonchev–Trinajstić information content (AvgIpc) is 3.45. The van der Waals surface area contributed by atoms with Gasteiger partial charge in [0.15, 0.2) is 5.82 Å². The van der Waals surface area contributed by atoms with E-state index in [1.165, 1.54) is 9.58 Å². The van der Waals surface area contributed by atoms with Crippen molar-refractivity contribution in [3.05, 3.63) is 102 Å². The zero-order chi connectivity index (χ0) is 35.1. The van der Waals surface area contributed by atoms with E-state index in [2.05, 4.69) is 26.0 Å². The number of carbonyl (C=O) groups excluding carboxylic acids is 4. The molecule has 3 atom stereocenters. The maximum Gasteiger partial charge on any atom is 0.254 e. The Bertz CT molecular complexity index is 1810. The molecule has 0 unspecified atom stereocenters. The number of benzene rings is 3. The molecule has 12 heteroatoms. The van der Waals surface area contributed by atoms with E-state index in [1.54, 1.807) is 39.2 Å².